The number of ether oxygens (including phenoxy) is 2. The van der Waals surface area contributed by atoms with E-state index < -0.39 is 0 Å². The van der Waals surface area contributed by atoms with Gasteiger partial charge in [-0.3, -0.25) is 9.79 Å². The molecule has 1 aromatic rings. The van der Waals surface area contributed by atoms with Crippen LogP contribution in [-0.2, 0) is 4.79 Å². The van der Waals surface area contributed by atoms with Crippen LogP contribution in [0, 0.1) is 5.92 Å². The summed E-state index contributed by atoms with van der Waals surface area (Å²) in [6.07, 6.45) is 1.99. The highest BCUT2D eigenvalue weighted by molar-refractivity contribution is 5.94. The average molecular weight is 306 g/mol. The number of nitrogens with zero attached hydrogens (tertiary/aromatic N) is 1. The zero-order valence-corrected chi connectivity index (χ0v) is 12.9. The summed E-state index contributed by atoms with van der Waals surface area (Å²) in [5, 5.41) is 5.80. The summed E-state index contributed by atoms with van der Waals surface area (Å²) in [5.74, 6) is 1.90. The van der Waals surface area contributed by atoms with Crippen LogP contribution in [0.5, 0.6) is 11.5 Å². The summed E-state index contributed by atoms with van der Waals surface area (Å²) in [5.41, 5.74) is 6.51. The molecule has 7 nitrogen and oxygen atoms in total. The van der Waals surface area contributed by atoms with Crippen molar-refractivity contribution in [3.8, 4) is 11.5 Å². The molecule has 0 atom stereocenters. The van der Waals surface area contributed by atoms with Crippen molar-refractivity contribution in [2.24, 2.45) is 16.6 Å². The number of benzene rings is 1. The molecule has 0 bridgehead atoms. The second kappa shape index (κ2) is 7.53. The fraction of sp³-hybridized carbons (Fsp3) is 0.467. The van der Waals surface area contributed by atoms with Gasteiger partial charge in [-0.05, 0) is 25.0 Å². The van der Waals surface area contributed by atoms with E-state index in [2.05, 4.69) is 15.6 Å². The van der Waals surface area contributed by atoms with Crippen LogP contribution in [0.3, 0.4) is 0 Å². The van der Waals surface area contributed by atoms with E-state index in [-0.39, 0.29) is 17.8 Å². The van der Waals surface area contributed by atoms with Crippen LogP contribution in [0.15, 0.2) is 23.2 Å². The molecule has 1 saturated carbocycles. The summed E-state index contributed by atoms with van der Waals surface area (Å²) in [6.45, 7) is 0.899. The third kappa shape index (κ3) is 4.54. The first-order valence-electron chi connectivity index (χ1n) is 7.20. The van der Waals surface area contributed by atoms with Crippen LogP contribution < -0.4 is 25.8 Å². The number of anilines is 1. The first kappa shape index (κ1) is 15.9. The van der Waals surface area contributed by atoms with Crippen molar-refractivity contribution in [1.29, 1.82) is 0 Å². The average Bonchev–Trinajstić information content (AvgIpc) is 3.36. The number of carbonyl (C=O) groups is 1. The highest BCUT2D eigenvalue weighted by Crippen LogP contribution is 2.29. The molecule has 0 aliphatic heterocycles. The van der Waals surface area contributed by atoms with Gasteiger partial charge in [0.2, 0.25) is 5.91 Å². The molecule has 1 amide bonds. The Bertz CT molecular complexity index is 556. The van der Waals surface area contributed by atoms with Gasteiger partial charge < -0.3 is 25.8 Å². The molecule has 2 rings (SSSR count). The van der Waals surface area contributed by atoms with Crippen LogP contribution in [0.1, 0.15) is 12.8 Å². The molecule has 1 aromatic carbocycles. The number of nitrogens with two attached hydrogens (primary N) is 1. The van der Waals surface area contributed by atoms with Crippen LogP contribution in [0.4, 0.5) is 5.69 Å². The number of hydrogen-bond donors (Lipinski definition) is 3. The Kier molecular flexibility index (Phi) is 5.46. The van der Waals surface area contributed by atoms with Gasteiger partial charge in [0.25, 0.3) is 0 Å². The molecule has 4 N–H and O–H groups in total. The summed E-state index contributed by atoms with van der Waals surface area (Å²) in [6, 6.07) is 5.35. The number of methoxy groups -OCH3 is 2. The van der Waals surface area contributed by atoms with Gasteiger partial charge >= 0.3 is 0 Å². The van der Waals surface area contributed by atoms with E-state index in [1.807, 2.05) is 0 Å². The lowest BCUT2D eigenvalue weighted by Gasteiger charge is -2.12. The standard InChI is InChI=1S/C15H22N4O3/c1-21-11-5-6-13(22-2)12(9-11)19-15(16)18-8-7-17-14(20)10-3-4-10/h5-6,9-10H,3-4,7-8H2,1-2H3,(H,17,20)(H3,16,18,19). The minimum atomic E-state index is 0.108. The number of rotatable bonds is 7. The van der Waals surface area contributed by atoms with Crippen molar-refractivity contribution in [3.63, 3.8) is 0 Å². The highest BCUT2D eigenvalue weighted by Gasteiger charge is 2.28. The van der Waals surface area contributed by atoms with E-state index in [0.29, 0.717) is 30.3 Å². The number of guanidine groups is 1. The van der Waals surface area contributed by atoms with E-state index >= 15 is 0 Å². The van der Waals surface area contributed by atoms with E-state index in [1.165, 1.54) is 0 Å². The predicted octanol–water partition coefficient (Wildman–Crippen LogP) is 0.957. The molecule has 0 heterocycles. The monoisotopic (exact) mass is 306 g/mol. The Morgan fingerprint density at radius 1 is 1.36 bits per heavy atom. The van der Waals surface area contributed by atoms with Gasteiger partial charge in [0, 0.05) is 18.5 Å². The predicted molar refractivity (Wildman–Crippen MR) is 85.4 cm³/mol. The first-order chi connectivity index (χ1) is 10.6. The van der Waals surface area contributed by atoms with E-state index in [1.54, 1.807) is 32.4 Å². The topological polar surface area (TPSA) is 98.0 Å². The third-order valence-corrected chi connectivity index (χ3v) is 3.31. The fourth-order valence-electron chi connectivity index (χ4n) is 1.93. The van der Waals surface area contributed by atoms with Crippen molar-refractivity contribution < 1.29 is 14.3 Å². The maximum absolute atomic E-state index is 11.5. The summed E-state index contributed by atoms with van der Waals surface area (Å²) < 4.78 is 10.4. The number of carbonyl (C=O) groups excluding carboxylic acids is 1. The quantitative estimate of drug-likeness (QED) is 0.396. The molecule has 120 valence electrons. The normalized spacial score (nSPS) is 14.4. The van der Waals surface area contributed by atoms with Crippen LogP contribution in [0.25, 0.3) is 0 Å². The molecule has 1 fully saturated rings. The lowest BCUT2D eigenvalue weighted by molar-refractivity contribution is -0.122. The number of nitrogens with one attached hydrogen (secondary N) is 2. The smallest absolute Gasteiger partial charge is 0.223 e. The van der Waals surface area contributed by atoms with Crippen molar-refractivity contribution >= 4 is 17.6 Å². The van der Waals surface area contributed by atoms with Crippen LogP contribution in [0.2, 0.25) is 0 Å². The first-order valence-corrected chi connectivity index (χ1v) is 7.20. The minimum absolute atomic E-state index is 0.108. The van der Waals surface area contributed by atoms with Gasteiger partial charge in [0.1, 0.15) is 11.5 Å². The summed E-state index contributed by atoms with van der Waals surface area (Å²) in [7, 11) is 3.17. The SMILES string of the molecule is COc1ccc(OC)c(NC(N)=NCCNC(=O)C2CC2)c1. The van der Waals surface area contributed by atoms with Crippen molar-refractivity contribution in [3.05, 3.63) is 18.2 Å². The van der Waals surface area contributed by atoms with Gasteiger partial charge in [-0.15, -0.1) is 0 Å². The molecule has 22 heavy (non-hydrogen) atoms. The lowest BCUT2D eigenvalue weighted by atomic mass is 10.2. The van der Waals surface area contributed by atoms with E-state index in [4.69, 9.17) is 15.2 Å². The van der Waals surface area contributed by atoms with Gasteiger partial charge in [-0.25, -0.2) is 0 Å². The largest absolute Gasteiger partial charge is 0.497 e. The van der Waals surface area contributed by atoms with E-state index in [9.17, 15) is 4.79 Å². The Morgan fingerprint density at radius 3 is 2.77 bits per heavy atom. The maximum Gasteiger partial charge on any atom is 0.223 e. The van der Waals surface area contributed by atoms with Crippen molar-refractivity contribution in [2.45, 2.75) is 12.8 Å². The van der Waals surface area contributed by atoms with Gasteiger partial charge in [0.05, 0.1) is 26.5 Å². The zero-order valence-electron chi connectivity index (χ0n) is 12.9. The molecule has 0 spiro atoms. The number of hydrogen-bond acceptors (Lipinski definition) is 4. The van der Waals surface area contributed by atoms with Gasteiger partial charge in [-0.1, -0.05) is 0 Å². The second-order valence-corrected chi connectivity index (χ2v) is 5.02. The summed E-state index contributed by atoms with van der Waals surface area (Å²) >= 11 is 0. The van der Waals surface area contributed by atoms with Crippen molar-refractivity contribution in [1.82, 2.24) is 5.32 Å². The Hall–Kier alpha value is -2.44. The maximum atomic E-state index is 11.5. The van der Waals surface area contributed by atoms with Gasteiger partial charge in [0.15, 0.2) is 5.96 Å². The molecular formula is C15H22N4O3. The third-order valence-electron chi connectivity index (χ3n) is 3.31. The van der Waals surface area contributed by atoms with Crippen LogP contribution >= 0.6 is 0 Å². The molecule has 1 aliphatic rings. The number of aliphatic imine (C=N–C) groups is 1. The Balaban J connectivity index is 1.85. The highest BCUT2D eigenvalue weighted by atomic mass is 16.5. The zero-order chi connectivity index (χ0) is 15.9. The van der Waals surface area contributed by atoms with Crippen LogP contribution in [-0.4, -0.2) is 39.2 Å². The van der Waals surface area contributed by atoms with Crippen molar-refractivity contribution in [2.75, 3.05) is 32.6 Å². The van der Waals surface area contributed by atoms with E-state index in [0.717, 1.165) is 12.8 Å². The molecular weight excluding hydrogens is 284 g/mol. The lowest BCUT2D eigenvalue weighted by Crippen LogP contribution is -2.29. The Morgan fingerprint density at radius 2 is 2.14 bits per heavy atom. The number of amides is 1. The molecule has 0 unspecified atom stereocenters. The molecule has 0 aromatic heterocycles. The second-order valence-electron chi connectivity index (χ2n) is 5.02. The Labute approximate surface area is 129 Å². The molecule has 0 radical (unpaired) electrons. The van der Waals surface area contributed by atoms with Gasteiger partial charge in [-0.2, -0.15) is 0 Å². The minimum Gasteiger partial charge on any atom is -0.497 e. The molecule has 7 heteroatoms. The summed E-state index contributed by atoms with van der Waals surface area (Å²) in [4.78, 5) is 15.6. The fourth-order valence-corrected chi connectivity index (χ4v) is 1.93. The molecule has 1 aliphatic carbocycles. The molecule has 0 saturated heterocycles.